The van der Waals surface area contributed by atoms with Crippen LogP contribution in [0.25, 0.3) is 0 Å². The Morgan fingerprint density at radius 1 is 1.05 bits per heavy atom. The fourth-order valence-electron chi connectivity index (χ4n) is 1.61. The zero-order valence-corrected chi connectivity index (χ0v) is 13.0. The molecule has 0 heterocycles. The van der Waals surface area contributed by atoms with Crippen molar-refractivity contribution in [2.45, 2.75) is 20.8 Å². The lowest BCUT2D eigenvalue weighted by Crippen LogP contribution is -2.12. The minimum atomic E-state index is -3.48. The van der Waals surface area contributed by atoms with E-state index in [0.717, 1.165) is 16.9 Å². The first-order chi connectivity index (χ1) is 8.81. The van der Waals surface area contributed by atoms with Crippen LogP contribution >= 0.6 is 10.7 Å². The van der Waals surface area contributed by atoms with Crippen LogP contribution in [-0.4, -0.2) is 34.0 Å². The van der Waals surface area contributed by atoms with Gasteiger partial charge in [-0.1, -0.05) is 12.1 Å². The molecule has 0 aliphatic rings. The van der Waals surface area contributed by atoms with Crippen molar-refractivity contribution in [1.82, 2.24) is 0 Å². The number of rotatable bonds is 7. The number of hydrogen-bond donors (Lipinski definition) is 0. The van der Waals surface area contributed by atoms with Gasteiger partial charge in [0, 0.05) is 10.7 Å². The van der Waals surface area contributed by atoms with Crippen LogP contribution in [0, 0.1) is 20.8 Å². The predicted octanol–water partition coefficient (Wildman–Crippen LogP) is 2.58. The maximum atomic E-state index is 10.7. The Kier molecular flexibility index (Phi) is 6.10. The van der Waals surface area contributed by atoms with Gasteiger partial charge in [-0.2, -0.15) is 0 Å². The molecule has 0 atom stereocenters. The smallest absolute Gasteiger partial charge is 0.234 e. The van der Waals surface area contributed by atoms with E-state index >= 15 is 0 Å². The van der Waals surface area contributed by atoms with Crippen LogP contribution in [0.4, 0.5) is 0 Å². The van der Waals surface area contributed by atoms with Crippen LogP contribution in [0.5, 0.6) is 5.75 Å². The van der Waals surface area contributed by atoms with Gasteiger partial charge in [-0.25, -0.2) is 8.42 Å². The van der Waals surface area contributed by atoms with Crippen molar-refractivity contribution >= 4 is 19.7 Å². The van der Waals surface area contributed by atoms with Gasteiger partial charge in [0.2, 0.25) is 9.05 Å². The average Bonchev–Trinajstić information content (AvgIpc) is 2.31. The predicted molar refractivity (Wildman–Crippen MR) is 76.6 cm³/mol. The number of ether oxygens (including phenoxy) is 2. The molecule has 0 saturated heterocycles. The third-order valence-electron chi connectivity index (χ3n) is 2.82. The molecular weight excluding hydrogens is 288 g/mol. The van der Waals surface area contributed by atoms with Crippen LogP contribution in [-0.2, 0) is 13.8 Å². The molecule has 0 unspecified atom stereocenters. The number of hydrogen-bond acceptors (Lipinski definition) is 4. The van der Waals surface area contributed by atoms with Gasteiger partial charge in [0.1, 0.15) is 12.4 Å². The molecule has 1 aromatic rings. The molecule has 0 aromatic heterocycles. The summed E-state index contributed by atoms with van der Waals surface area (Å²) in [4.78, 5) is 0. The van der Waals surface area contributed by atoms with Gasteiger partial charge in [-0.05, 0) is 37.5 Å². The largest absolute Gasteiger partial charge is 0.491 e. The average molecular weight is 307 g/mol. The van der Waals surface area contributed by atoms with E-state index in [4.69, 9.17) is 20.2 Å². The maximum absolute atomic E-state index is 10.7. The van der Waals surface area contributed by atoms with Crippen molar-refractivity contribution in [2.24, 2.45) is 0 Å². The summed E-state index contributed by atoms with van der Waals surface area (Å²) < 4.78 is 32.2. The molecule has 19 heavy (non-hydrogen) atoms. The lowest BCUT2D eigenvalue weighted by Gasteiger charge is -2.13. The van der Waals surface area contributed by atoms with E-state index in [1.807, 2.05) is 26.8 Å². The van der Waals surface area contributed by atoms with E-state index in [1.165, 1.54) is 5.56 Å². The summed E-state index contributed by atoms with van der Waals surface area (Å²) in [6, 6.07) is 4.07. The first-order valence-corrected chi connectivity index (χ1v) is 8.49. The van der Waals surface area contributed by atoms with Crippen LogP contribution in [0.3, 0.4) is 0 Å². The normalized spacial score (nSPS) is 11.6. The molecule has 0 bridgehead atoms. The third-order valence-corrected chi connectivity index (χ3v) is 3.94. The Hall–Kier alpha value is -0.780. The van der Waals surface area contributed by atoms with Crippen LogP contribution < -0.4 is 4.74 Å². The van der Waals surface area contributed by atoms with E-state index in [-0.39, 0.29) is 12.4 Å². The molecule has 1 rings (SSSR count). The van der Waals surface area contributed by atoms with E-state index in [2.05, 4.69) is 6.07 Å². The minimum Gasteiger partial charge on any atom is -0.491 e. The van der Waals surface area contributed by atoms with Crippen molar-refractivity contribution in [3.05, 3.63) is 28.8 Å². The third kappa shape index (κ3) is 5.80. The molecule has 0 fully saturated rings. The molecule has 0 amide bonds. The van der Waals surface area contributed by atoms with Gasteiger partial charge in [0.15, 0.2) is 0 Å². The molecule has 0 aliphatic heterocycles. The Morgan fingerprint density at radius 3 is 2.32 bits per heavy atom. The zero-order chi connectivity index (χ0) is 14.5. The number of benzene rings is 1. The molecule has 0 N–H and O–H groups in total. The zero-order valence-electron chi connectivity index (χ0n) is 11.4. The number of aryl methyl sites for hydroxylation is 2. The molecule has 0 radical (unpaired) electrons. The second kappa shape index (κ2) is 7.12. The molecule has 0 spiro atoms. The molecule has 6 heteroatoms. The minimum absolute atomic E-state index is 0.0843. The summed E-state index contributed by atoms with van der Waals surface area (Å²) in [6.07, 6.45) is 0. The number of halogens is 1. The second-order valence-corrected chi connectivity index (χ2v) is 7.25. The second-order valence-electron chi connectivity index (χ2n) is 4.36. The highest BCUT2D eigenvalue weighted by Gasteiger charge is 2.07. The quantitative estimate of drug-likeness (QED) is 0.574. The summed E-state index contributed by atoms with van der Waals surface area (Å²) in [6.45, 7) is 6.83. The molecule has 108 valence electrons. The summed E-state index contributed by atoms with van der Waals surface area (Å²) in [5.41, 5.74) is 3.37. The Labute approximate surface area is 119 Å². The van der Waals surface area contributed by atoms with Crippen molar-refractivity contribution in [2.75, 3.05) is 25.6 Å². The summed E-state index contributed by atoms with van der Waals surface area (Å²) in [5.74, 6) is 0.686. The molecule has 0 aliphatic carbocycles. The van der Waals surface area contributed by atoms with Gasteiger partial charge in [-0.3, -0.25) is 0 Å². The molecule has 1 aromatic carbocycles. The highest BCUT2D eigenvalue weighted by molar-refractivity contribution is 8.13. The monoisotopic (exact) mass is 306 g/mol. The Bertz CT molecular complexity index is 526. The van der Waals surface area contributed by atoms with E-state index < -0.39 is 9.05 Å². The SMILES string of the molecule is Cc1ccc(C)c(OCCOCCS(=O)(=O)Cl)c1C. The lowest BCUT2D eigenvalue weighted by molar-refractivity contribution is 0.111. The van der Waals surface area contributed by atoms with Gasteiger partial charge in [0.25, 0.3) is 0 Å². The van der Waals surface area contributed by atoms with Gasteiger partial charge < -0.3 is 9.47 Å². The van der Waals surface area contributed by atoms with Gasteiger partial charge >= 0.3 is 0 Å². The molecule has 0 saturated carbocycles. The summed E-state index contributed by atoms with van der Waals surface area (Å²) in [5, 5.41) is 0. The summed E-state index contributed by atoms with van der Waals surface area (Å²) in [7, 11) is 1.59. The van der Waals surface area contributed by atoms with E-state index in [9.17, 15) is 8.42 Å². The van der Waals surface area contributed by atoms with E-state index in [0.29, 0.717) is 13.2 Å². The summed E-state index contributed by atoms with van der Waals surface area (Å²) >= 11 is 0. The molecule has 4 nitrogen and oxygen atoms in total. The van der Waals surface area contributed by atoms with Crippen LogP contribution in [0.15, 0.2) is 12.1 Å². The van der Waals surface area contributed by atoms with E-state index in [1.54, 1.807) is 0 Å². The standard InChI is InChI=1S/C13H19ClO4S/c1-10-4-5-11(2)13(12(10)3)18-7-6-17-8-9-19(14,15)16/h4-5H,6-9H2,1-3H3. The van der Waals surface area contributed by atoms with Crippen LogP contribution in [0.2, 0.25) is 0 Å². The van der Waals surface area contributed by atoms with Gasteiger partial charge in [0.05, 0.1) is 19.0 Å². The first kappa shape index (κ1) is 16.3. The molecular formula is C13H19ClO4S. The fourth-order valence-corrected chi connectivity index (χ4v) is 2.12. The Balaban J connectivity index is 2.36. The lowest BCUT2D eigenvalue weighted by atomic mass is 10.1. The van der Waals surface area contributed by atoms with Crippen LogP contribution in [0.1, 0.15) is 16.7 Å². The first-order valence-electron chi connectivity index (χ1n) is 6.01. The Morgan fingerprint density at radius 2 is 1.68 bits per heavy atom. The van der Waals surface area contributed by atoms with Crippen molar-refractivity contribution in [3.63, 3.8) is 0 Å². The van der Waals surface area contributed by atoms with Crippen molar-refractivity contribution in [1.29, 1.82) is 0 Å². The topological polar surface area (TPSA) is 52.6 Å². The van der Waals surface area contributed by atoms with Crippen molar-refractivity contribution < 1.29 is 17.9 Å². The van der Waals surface area contributed by atoms with Crippen molar-refractivity contribution in [3.8, 4) is 5.75 Å². The maximum Gasteiger partial charge on any atom is 0.234 e. The highest BCUT2D eigenvalue weighted by atomic mass is 35.7. The van der Waals surface area contributed by atoms with Gasteiger partial charge in [-0.15, -0.1) is 0 Å². The highest BCUT2D eigenvalue weighted by Crippen LogP contribution is 2.25. The fraction of sp³-hybridized carbons (Fsp3) is 0.538.